The summed E-state index contributed by atoms with van der Waals surface area (Å²) in [7, 11) is 0. The second-order valence-corrected chi connectivity index (χ2v) is 15.6. The molecule has 1 aliphatic carbocycles. The van der Waals surface area contributed by atoms with E-state index in [1.807, 2.05) is 18.2 Å². The lowest BCUT2D eigenvalue weighted by atomic mass is 10.0. The minimum Gasteiger partial charge on any atom is -0.452 e. The summed E-state index contributed by atoms with van der Waals surface area (Å²) >= 11 is 0. The van der Waals surface area contributed by atoms with Crippen LogP contribution < -0.4 is 0 Å². The van der Waals surface area contributed by atoms with Gasteiger partial charge in [-0.2, -0.15) is 0 Å². The van der Waals surface area contributed by atoms with Crippen molar-refractivity contribution in [1.29, 1.82) is 0 Å². The lowest BCUT2D eigenvalue weighted by molar-refractivity contribution is 0.667. The van der Waals surface area contributed by atoms with Crippen LogP contribution in [0.5, 0.6) is 0 Å². The van der Waals surface area contributed by atoms with Crippen LogP contribution in [0.4, 0.5) is 0 Å². The molecule has 13 rings (SSSR count). The SMILES string of the molecule is C1=CC(n2c3ccccc3c3ccc(-c4nc(-c5ccc(-n6c7ccccc7c7cc8ccccc8cc76)c6ccccc56)nc5c4oc4ccccc45)cc32)=CCC1. The van der Waals surface area contributed by atoms with E-state index in [0.717, 1.165) is 68.1 Å². The van der Waals surface area contributed by atoms with Crippen molar-refractivity contribution in [3.8, 4) is 28.3 Å². The second-order valence-electron chi connectivity index (χ2n) is 15.6. The first-order valence-corrected chi connectivity index (χ1v) is 20.3. The van der Waals surface area contributed by atoms with E-state index in [2.05, 4.69) is 173 Å². The molecule has 0 fully saturated rings. The fraction of sp³-hybridized carbons (Fsp3) is 0.0370. The van der Waals surface area contributed by atoms with Gasteiger partial charge in [0.25, 0.3) is 0 Å². The Kier molecular flexibility index (Phi) is 6.78. The molecule has 4 heterocycles. The van der Waals surface area contributed by atoms with Gasteiger partial charge < -0.3 is 13.6 Å². The van der Waals surface area contributed by atoms with E-state index >= 15 is 0 Å². The van der Waals surface area contributed by atoms with E-state index < -0.39 is 0 Å². The van der Waals surface area contributed by atoms with Gasteiger partial charge in [-0.05, 0) is 89.7 Å². The molecular formula is C54H34N4O. The zero-order valence-corrected chi connectivity index (χ0v) is 31.9. The molecule has 59 heavy (non-hydrogen) atoms. The van der Waals surface area contributed by atoms with E-state index in [-0.39, 0.29) is 0 Å². The lowest BCUT2D eigenvalue weighted by Crippen LogP contribution is -1.99. The van der Waals surface area contributed by atoms with Crippen molar-refractivity contribution < 1.29 is 4.42 Å². The number of rotatable bonds is 4. The fourth-order valence-electron chi connectivity index (χ4n) is 9.66. The number of fused-ring (bicyclic) bond motifs is 11. The van der Waals surface area contributed by atoms with Crippen molar-refractivity contribution in [2.45, 2.75) is 12.8 Å². The Labute approximate surface area is 338 Å². The monoisotopic (exact) mass is 754 g/mol. The van der Waals surface area contributed by atoms with Crippen molar-refractivity contribution in [3.05, 3.63) is 182 Å². The zero-order chi connectivity index (χ0) is 38.6. The first kappa shape index (κ1) is 32.3. The molecule has 5 heteroatoms. The molecule has 0 spiro atoms. The number of allylic oxidation sites excluding steroid dienone is 4. The van der Waals surface area contributed by atoms with Crippen LogP contribution in [0.1, 0.15) is 12.8 Å². The first-order valence-electron chi connectivity index (χ1n) is 20.3. The fourth-order valence-corrected chi connectivity index (χ4v) is 9.66. The summed E-state index contributed by atoms with van der Waals surface area (Å²) in [4.78, 5) is 10.8. The molecule has 0 amide bonds. The summed E-state index contributed by atoms with van der Waals surface area (Å²) in [5, 5.41) is 10.6. The average Bonchev–Trinajstić information content (AvgIpc) is 3.95. The highest BCUT2D eigenvalue weighted by Gasteiger charge is 2.23. The summed E-state index contributed by atoms with van der Waals surface area (Å²) in [5.74, 6) is 0.661. The van der Waals surface area contributed by atoms with Crippen LogP contribution in [-0.4, -0.2) is 19.1 Å². The van der Waals surface area contributed by atoms with Gasteiger partial charge in [-0.15, -0.1) is 0 Å². The number of para-hydroxylation sites is 3. The van der Waals surface area contributed by atoms with Gasteiger partial charge in [0.2, 0.25) is 0 Å². The molecule has 8 aromatic carbocycles. The molecule has 0 saturated carbocycles. The zero-order valence-electron chi connectivity index (χ0n) is 31.9. The maximum atomic E-state index is 6.66. The van der Waals surface area contributed by atoms with Gasteiger partial charge >= 0.3 is 0 Å². The Hall–Kier alpha value is -7.76. The summed E-state index contributed by atoms with van der Waals surface area (Å²) < 4.78 is 11.5. The van der Waals surface area contributed by atoms with Gasteiger partial charge in [0.1, 0.15) is 16.8 Å². The Morgan fingerprint density at radius 3 is 1.95 bits per heavy atom. The molecule has 0 bridgehead atoms. The molecule has 0 saturated heterocycles. The van der Waals surface area contributed by atoms with E-state index in [1.54, 1.807) is 0 Å². The van der Waals surface area contributed by atoms with Crippen molar-refractivity contribution in [3.63, 3.8) is 0 Å². The number of hydrogen-bond donors (Lipinski definition) is 0. The van der Waals surface area contributed by atoms with Crippen LogP contribution in [-0.2, 0) is 0 Å². The van der Waals surface area contributed by atoms with E-state index in [0.29, 0.717) is 11.4 Å². The smallest absolute Gasteiger partial charge is 0.180 e. The van der Waals surface area contributed by atoms with Crippen molar-refractivity contribution in [2.75, 3.05) is 0 Å². The predicted molar refractivity (Wildman–Crippen MR) is 245 cm³/mol. The molecule has 0 radical (unpaired) electrons. The molecule has 4 aromatic heterocycles. The van der Waals surface area contributed by atoms with Gasteiger partial charge in [0.15, 0.2) is 11.4 Å². The predicted octanol–water partition coefficient (Wildman–Crippen LogP) is 14.4. The Morgan fingerprint density at radius 1 is 0.475 bits per heavy atom. The number of nitrogens with zero attached hydrogens (tertiary/aromatic N) is 4. The minimum atomic E-state index is 0.661. The van der Waals surface area contributed by atoms with Gasteiger partial charge in [-0.3, -0.25) is 0 Å². The van der Waals surface area contributed by atoms with Gasteiger partial charge in [0.05, 0.1) is 27.8 Å². The number of hydrogen-bond acceptors (Lipinski definition) is 3. The number of furan rings is 1. The van der Waals surface area contributed by atoms with Crippen molar-refractivity contribution >= 4 is 92.9 Å². The summed E-state index contributed by atoms with van der Waals surface area (Å²) in [6, 6.07) is 58.7. The van der Waals surface area contributed by atoms with Crippen LogP contribution in [0.3, 0.4) is 0 Å². The van der Waals surface area contributed by atoms with Crippen LogP contribution in [0.2, 0.25) is 0 Å². The maximum absolute atomic E-state index is 6.66. The topological polar surface area (TPSA) is 48.8 Å². The molecule has 5 nitrogen and oxygen atoms in total. The summed E-state index contributed by atoms with van der Waals surface area (Å²) in [5.41, 5.74) is 12.0. The van der Waals surface area contributed by atoms with Crippen LogP contribution >= 0.6 is 0 Å². The van der Waals surface area contributed by atoms with E-state index in [4.69, 9.17) is 14.4 Å². The molecule has 0 aliphatic heterocycles. The molecule has 1 aliphatic rings. The Balaban J connectivity index is 1.07. The summed E-state index contributed by atoms with van der Waals surface area (Å²) in [6.45, 7) is 0. The maximum Gasteiger partial charge on any atom is 0.180 e. The third kappa shape index (κ3) is 4.73. The quantitative estimate of drug-likeness (QED) is 0.180. The van der Waals surface area contributed by atoms with Gasteiger partial charge in [-0.1, -0.05) is 121 Å². The lowest BCUT2D eigenvalue weighted by Gasteiger charge is -2.15. The highest BCUT2D eigenvalue weighted by Crippen LogP contribution is 2.42. The third-order valence-electron chi connectivity index (χ3n) is 12.3. The van der Waals surface area contributed by atoms with Crippen LogP contribution in [0, 0.1) is 0 Å². The molecule has 0 atom stereocenters. The third-order valence-corrected chi connectivity index (χ3v) is 12.3. The van der Waals surface area contributed by atoms with Gasteiger partial charge in [0, 0.05) is 49.1 Å². The average molecular weight is 755 g/mol. The standard InChI is InChI=1S/C54H34N4O/c1-2-16-36(17-3-1)57-45-23-11-8-20-39(45)41-27-26-35(32-48(41)57)51-53-52(43-22-10-13-25-50(43)59-53)56-54(55-51)42-28-29-47(38-19-7-6-18-37(38)42)58-46-24-12-9-21-40(46)44-30-33-14-4-5-15-34(33)31-49(44)58/h2,4-32H,1,3H2. The molecule has 12 aromatic rings. The second kappa shape index (κ2) is 12.4. The van der Waals surface area contributed by atoms with E-state index in [9.17, 15) is 0 Å². The number of benzene rings is 8. The Bertz CT molecular complexity index is 3800. The first-order chi connectivity index (χ1) is 29.3. The van der Waals surface area contributed by atoms with Crippen molar-refractivity contribution in [1.82, 2.24) is 19.1 Å². The normalized spacial score (nSPS) is 13.3. The molecule has 276 valence electrons. The van der Waals surface area contributed by atoms with Gasteiger partial charge in [-0.25, -0.2) is 9.97 Å². The van der Waals surface area contributed by atoms with Crippen LogP contribution in [0.15, 0.2) is 186 Å². The highest BCUT2D eigenvalue weighted by molar-refractivity contribution is 6.16. The van der Waals surface area contributed by atoms with E-state index in [1.165, 1.54) is 54.6 Å². The van der Waals surface area contributed by atoms with Crippen molar-refractivity contribution in [2.24, 2.45) is 0 Å². The largest absolute Gasteiger partial charge is 0.452 e. The Morgan fingerprint density at radius 2 is 1.14 bits per heavy atom. The molecule has 0 N–H and O–H groups in total. The summed E-state index contributed by atoms with van der Waals surface area (Å²) in [6.07, 6.45) is 8.95. The molecule has 0 unspecified atom stereocenters. The molecular weight excluding hydrogens is 721 g/mol. The van der Waals surface area contributed by atoms with Crippen LogP contribution in [0.25, 0.3) is 121 Å². The minimum absolute atomic E-state index is 0.661. The number of aromatic nitrogens is 4. The highest BCUT2D eigenvalue weighted by atomic mass is 16.3.